The number of aromatic nitrogens is 6. The normalized spacial score (nSPS) is 19.5. The van der Waals surface area contributed by atoms with E-state index < -0.39 is 0 Å². The van der Waals surface area contributed by atoms with Crippen LogP contribution in [0.15, 0.2) is 73.3 Å². The first-order valence-electron chi connectivity index (χ1n) is 12.6. The Morgan fingerprint density at radius 2 is 1.97 bits per heavy atom. The maximum Gasteiger partial charge on any atom is 0.164 e. The van der Waals surface area contributed by atoms with Gasteiger partial charge in [-0.1, -0.05) is 12.1 Å². The van der Waals surface area contributed by atoms with E-state index in [1.54, 1.807) is 0 Å². The minimum atomic E-state index is 0.665. The van der Waals surface area contributed by atoms with E-state index in [2.05, 4.69) is 49.7 Å². The second kappa shape index (κ2) is 8.31. The number of piperazine rings is 1. The lowest BCUT2D eigenvalue weighted by Crippen LogP contribution is -2.42. The minimum Gasteiger partial charge on any atom is -0.311 e. The molecule has 2 atom stereocenters. The van der Waals surface area contributed by atoms with Crippen molar-refractivity contribution in [3.8, 4) is 33.0 Å². The van der Waals surface area contributed by atoms with Crippen molar-refractivity contribution < 1.29 is 0 Å². The molecule has 2 aliphatic rings. The second-order valence-corrected chi connectivity index (χ2v) is 11.0. The Bertz CT molecular complexity index is 1750. The third-order valence-electron chi connectivity index (χ3n) is 7.67. The fraction of sp³-hybridized carbons (Fsp3) is 0.214. The van der Waals surface area contributed by atoms with Gasteiger partial charge in [0.15, 0.2) is 5.65 Å². The monoisotopic (exact) mass is 504 g/mol. The standard InChI is InChI=1S/C28H24N8S/c1-2-21(22-14-32-33-23(22)3-1)26-27(17-6-9-29-10-7-17)34-36-24(8-11-30-28(26)36)25-5-4-20(37-25)16-35-15-18-12-19(35)13-31-18/h1-11,14,18-19,31H,12-13,15-16H2,(H,32,33)/t18-,19+/m1/s1. The molecule has 2 bridgehead atoms. The SMILES string of the molecule is c1cc(-c2c(-c3ccncc3)nn3c(-c4ccc(CN5C[C@H]6C[C@H]5CN6)s4)ccnc23)c2cn[nH]c2c1. The van der Waals surface area contributed by atoms with Crippen molar-refractivity contribution in [3.63, 3.8) is 0 Å². The maximum atomic E-state index is 5.15. The molecule has 8 rings (SSSR count). The summed E-state index contributed by atoms with van der Waals surface area (Å²) < 4.78 is 2.00. The van der Waals surface area contributed by atoms with Gasteiger partial charge in [-0.25, -0.2) is 9.50 Å². The third kappa shape index (κ3) is 3.42. The molecule has 0 unspecified atom stereocenters. The molecule has 1 aromatic carbocycles. The summed E-state index contributed by atoms with van der Waals surface area (Å²) in [7, 11) is 0. The molecule has 0 aliphatic carbocycles. The van der Waals surface area contributed by atoms with Crippen LogP contribution < -0.4 is 5.32 Å². The third-order valence-corrected chi connectivity index (χ3v) is 8.76. The first kappa shape index (κ1) is 21.2. The van der Waals surface area contributed by atoms with Crippen LogP contribution in [0.25, 0.3) is 49.5 Å². The first-order chi connectivity index (χ1) is 18.3. The summed E-state index contributed by atoms with van der Waals surface area (Å²) in [5, 5.41) is 17.2. The van der Waals surface area contributed by atoms with Crippen molar-refractivity contribution >= 4 is 27.9 Å². The topological polar surface area (TPSA) is 87.0 Å². The fourth-order valence-corrected chi connectivity index (χ4v) is 6.96. The highest BCUT2D eigenvalue weighted by atomic mass is 32.1. The van der Waals surface area contributed by atoms with Crippen molar-refractivity contribution in [2.75, 3.05) is 13.1 Å². The zero-order chi connectivity index (χ0) is 24.3. The van der Waals surface area contributed by atoms with Crippen LogP contribution in [0.1, 0.15) is 11.3 Å². The van der Waals surface area contributed by atoms with Crippen molar-refractivity contribution in [1.29, 1.82) is 0 Å². The molecule has 2 N–H and O–H groups in total. The second-order valence-electron chi connectivity index (χ2n) is 9.85. The van der Waals surface area contributed by atoms with Gasteiger partial charge in [0.05, 0.1) is 27.8 Å². The molecule has 0 spiro atoms. The van der Waals surface area contributed by atoms with Crippen LogP contribution in [0, 0.1) is 0 Å². The molecule has 0 saturated carbocycles. The van der Waals surface area contributed by atoms with Crippen molar-refractivity contribution in [2.24, 2.45) is 0 Å². The fourth-order valence-electron chi connectivity index (χ4n) is 5.92. The van der Waals surface area contributed by atoms with E-state index in [1.165, 1.54) is 16.2 Å². The Labute approximate surface area is 217 Å². The lowest BCUT2D eigenvalue weighted by atomic mass is 9.99. The highest BCUT2D eigenvalue weighted by Crippen LogP contribution is 2.40. The minimum absolute atomic E-state index is 0.665. The molecular formula is C28H24N8S. The number of benzene rings is 1. The summed E-state index contributed by atoms with van der Waals surface area (Å²) in [4.78, 5) is 14.3. The number of H-pyrrole nitrogens is 1. The van der Waals surface area contributed by atoms with E-state index in [-0.39, 0.29) is 0 Å². The van der Waals surface area contributed by atoms with E-state index in [1.807, 2.05) is 64.9 Å². The summed E-state index contributed by atoms with van der Waals surface area (Å²) in [6.45, 7) is 3.27. The lowest BCUT2D eigenvalue weighted by molar-refractivity contribution is 0.219. The van der Waals surface area contributed by atoms with Gasteiger partial charge in [0.25, 0.3) is 0 Å². The van der Waals surface area contributed by atoms with Crippen molar-refractivity contribution in [1.82, 2.24) is 40.0 Å². The van der Waals surface area contributed by atoms with Crippen LogP contribution in [0.2, 0.25) is 0 Å². The van der Waals surface area contributed by atoms with Gasteiger partial charge in [0.2, 0.25) is 0 Å². The van der Waals surface area contributed by atoms with Crippen LogP contribution in [0.4, 0.5) is 0 Å². The summed E-state index contributed by atoms with van der Waals surface area (Å²) in [6, 6.07) is 18.1. The molecule has 182 valence electrons. The molecule has 2 fully saturated rings. The van der Waals surface area contributed by atoms with E-state index in [0.717, 1.165) is 64.3 Å². The number of likely N-dealkylation sites (tertiary alicyclic amines) is 1. The molecule has 2 aliphatic heterocycles. The van der Waals surface area contributed by atoms with Crippen LogP contribution >= 0.6 is 11.3 Å². The predicted molar refractivity (Wildman–Crippen MR) is 145 cm³/mol. The number of rotatable bonds is 5. The van der Waals surface area contributed by atoms with Gasteiger partial charge in [-0.2, -0.15) is 10.2 Å². The number of pyridine rings is 1. The molecule has 2 saturated heterocycles. The molecule has 7 heterocycles. The summed E-state index contributed by atoms with van der Waals surface area (Å²) >= 11 is 1.85. The van der Waals surface area contributed by atoms with E-state index >= 15 is 0 Å². The summed E-state index contributed by atoms with van der Waals surface area (Å²) in [6.07, 6.45) is 8.66. The van der Waals surface area contributed by atoms with Crippen molar-refractivity contribution in [3.05, 3.63) is 78.2 Å². The number of hydrogen-bond donors (Lipinski definition) is 2. The number of hydrogen-bond acceptors (Lipinski definition) is 7. The smallest absolute Gasteiger partial charge is 0.164 e. The summed E-state index contributed by atoms with van der Waals surface area (Å²) in [5.74, 6) is 0. The lowest BCUT2D eigenvalue weighted by Gasteiger charge is -2.26. The average molecular weight is 505 g/mol. The highest BCUT2D eigenvalue weighted by molar-refractivity contribution is 7.15. The number of nitrogens with zero attached hydrogens (tertiary/aromatic N) is 6. The Morgan fingerprint density at radius 1 is 1.03 bits per heavy atom. The number of thiophene rings is 1. The Hall–Kier alpha value is -3.92. The Kier molecular flexibility index (Phi) is 4.76. The maximum absolute atomic E-state index is 5.15. The average Bonchev–Trinajstić information content (AvgIpc) is 3.76. The van der Waals surface area contributed by atoms with Crippen LogP contribution in [-0.2, 0) is 6.54 Å². The van der Waals surface area contributed by atoms with Gasteiger partial charge >= 0.3 is 0 Å². The zero-order valence-electron chi connectivity index (χ0n) is 20.0. The molecule has 0 amide bonds. The number of nitrogens with one attached hydrogen (secondary N) is 2. The summed E-state index contributed by atoms with van der Waals surface area (Å²) in [5.41, 5.74) is 6.81. The van der Waals surface area contributed by atoms with E-state index in [9.17, 15) is 0 Å². The Morgan fingerprint density at radius 3 is 2.84 bits per heavy atom. The molecule has 5 aromatic heterocycles. The van der Waals surface area contributed by atoms with Gasteiger partial charge in [-0.3, -0.25) is 15.0 Å². The number of fused-ring (bicyclic) bond motifs is 4. The zero-order valence-corrected chi connectivity index (χ0v) is 20.8. The Balaban J connectivity index is 1.28. The van der Waals surface area contributed by atoms with E-state index in [4.69, 9.17) is 10.1 Å². The molecule has 8 nitrogen and oxygen atoms in total. The molecular weight excluding hydrogens is 480 g/mol. The van der Waals surface area contributed by atoms with Gasteiger partial charge in [0, 0.05) is 66.1 Å². The molecule has 6 aromatic rings. The van der Waals surface area contributed by atoms with Crippen LogP contribution in [0.3, 0.4) is 0 Å². The van der Waals surface area contributed by atoms with E-state index in [0.29, 0.717) is 12.1 Å². The predicted octanol–water partition coefficient (Wildman–Crippen LogP) is 4.61. The molecule has 9 heteroatoms. The van der Waals surface area contributed by atoms with Gasteiger partial charge in [-0.15, -0.1) is 11.3 Å². The number of aromatic amines is 1. The molecule has 0 radical (unpaired) electrons. The molecule has 37 heavy (non-hydrogen) atoms. The first-order valence-corrected chi connectivity index (χ1v) is 13.4. The van der Waals surface area contributed by atoms with Gasteiger partial charge in [-0.05, 0) is 48.4 Å². The van der Waals surface area contributed by atoms with Crippen LogP contribution in [-0.4, -0.2) is 59.9 Å². The van der Waals surface area contributed by atoms with Crippen LogP contribution in [0.5, 0.6) is 0 Å². The largest absolute Gasteiger partial charge is 0.311 e. The highest BCUT2D eigenvalue weighted by Gasteiger charge is 2.37. The quantitative estimate of drug-likeness (QED) is 0.357. The van der Waals surface area contributed by atoms with Gasteiger partial charge < -0.3 is 5.32 Å². The van der Waals surface area contributed by atoms with Gasteiger partial charge in [0.1, 0.15) is 5.69 Å². The van der Waals surface area contributed by atoms with Crippen molar-refractivity contribution in [2.45, 2.75) is 25.0 Å².